The minimum Gasteiger partial charge on any atom is -0.307 e. The zero-order chi connectivity index (χ0) is 18.4. The average Bonchev–Trinajstić information content (AvgIpc) is 3.05. The summed E-state index contributed by atoms with van der Waals surface area (Å²) in [6, 6.07) is 2.60. The predicted molar refractivity (Wildman–Crippen MR) is 88.6 cm³/mol. The van der Waals surface area contributed by atoms with Crippen molar-refractivity contribution in [1.29, 1.82) is 0 Å². The average molecular weight is 390 g/mol. The van der Waals surface area contributed by atoms with E-state index in [2.05, 4.69) is 10.4 Å². The van der Waals surface area contributed by atoms with Gasteiger partial charge in [0.1, 0.15) is 5.82 Å². The van der Waals surface area contributed by atoms with Crippen molar-refractivity contribution in [3.63, 3.8) is 0 Å². The first-order chi connectivity index (χ1) is 11.7. The van der Waals surface area contributed by atoms with Crippen LogP contribution in [0, 0.1) is 18.6 Å². The van der Waals surface area contributed by atoms with E-state index in [9.17, 15) is 22.0 Å². The number of anilines is 1. The third-order valence-electron chi connectivity index (χ3n) is 3.91. The molecule has 1 amide bonds. The first-order valence-corrected chi connectivity index (χ1v) is 9.59. The molecule has 0 unspecified atom stereocenters. The fourth-order valence-corrected chi connectivity index (χ4v) is 4.67. The molecular weight excluding hydrogens is 376 g/mol. The second kappa shape index (κ2) is 6.38. The zero-order valence-corrected chi connectivity index (χ0v) is 14.7. The molecule has 1 aliphatic rings. The highest BCUT2D eigenvalue weighted by atomic mass is 35.5. The van der Waals surface area contributed by atoms with Crippen LogP contribution in [0.1, 0.15) is 28.5 Å². The van der Waals surface area contributed by atoms with Gasteiger partial charge in [-0.1, -0.05) is 11.6 Å². The third kappa shape index (κ3) is 3.67. The maximum atomic E-state index is 13.4. The first kappa shape index (κ1) is 17.8. The molecule has 0 radical (unpaired) electrons. The molecule has 1 N–H and O–H groups in total. The predicted octanol–water partition coefficient (Wildman–Crippen LogP) is 2.74. The molecule has 6 nitrogen and oxygen atoms in total. The standard InChI is InChI=1S/C15H14ClF2N3O3S/c1-8-4-14(21(20-8)9-2-3-25(23,24)7-9)19-15(22)10-5-12(17)13(18)6-11(10)16/h4-6,9H,2-3,7H2,1H3,(H,19,22)/t9-/m0/s1. The van der Waals surface area contributed by atoms with Gasteiger partial charge in [0.15, 0.2) is 21.5 Å². The summed E-state index contributed by atoms with van der Waals surface area (Å²) in [5, 5.41) is 6.53. The second-order valence-corrected chi connectivity index (χ2v) is 8.51. The quantitative estimate of drug-likeness (QED) is 0.818. The summed E-state index contributed by atoms with van der Waals surface area (Å²) in [5.41, 5.74) is 0.348. The van der Waals surface area contributed by atoms with Crippen molar-refractivity contribution >= 4 is 33.2 Å². The topological polar surface area (TPSA) is 81.1 Å². The molecule has 1 aliphatic heterocycles. The van der Waals surface area contributed by atoms with E-state index in [1.165, 1.54) is 4.68 Å². The molecule has 10 heteroatoms. The number of hydrogen-bond donors (Lipinski definition) is 1. The highest BCUT2D eigenvalue weighted by Crippen LogP contribution is 2.28. The van der Waals surface area contributed by atoms with Crippen molar-refractivity contribution in [1.82, 2.24) is 9.78 Å². The molecule has 2 aromatic rings. The van der Waals surface area contributed by atoms with Crippen LogP contribution in [-0.4, -0.2) is 35.6 Å². The highest BCUT2D eigenvalue weighted by molar-refractivity contribution is 7.91. The summed E-state index contributed by atoms with van der Waals surface area (Å²) >= 11 is 5.80. The Labute approximate surface area is 147 Å². The normalized spacial score (nSPS) is 19.1. The van der Waals surface area contributed by atoms with Crippen molar-refractivity contribution in [3.05, 3.63) is 46.1 Å². The van der Waals surface area contributed by atoms with Crippen LogP contribution in [-0.2, 0) is 9.84 Å². The number of nitrogens with zero attached hydrogens (tertiary/aromatic N) is 2. The van der Waals surface area contributed by atoms with Crippen molar-refractivity contribution in [2.75, 3.05) is 16.8 Å². The van der Waals surface area contributed by atoms with Crippen LogP contribution < -0.4 is 5.32 Å². The van der Waals surface area contributed by atoms with Crippen molar-refractivity contribution in [3.8, 4) is 0 Å². The SMILES string of the molecule is Cc1cc(NC(=O)c2cc(F)c(F)cc2Cl)n([C@H]2CCS(=O)(=O)C2)n1. The summed E-state index contributed by atoms with van der Waals surface area (Å²) in [4.78, 5) is 12.4. The Morgan fingerprint density at radius 1 is 1.32 bits per heavy atom. The van der Waals surface area contributed by atoms with Crippen LogP contribution in [0.15, 0.2) is 18.2 Å². The van der Waals surface area contributed by atoms with Crippen molar-refractivity contribution in [2.45, 2.75) is 19.4 Å². The van der Waals surface area contributed by atoms with Crippen LogP contribution in [0.3, 0.4) is 0 Å². The van der Waals surface area contributed by atoms with Gasteiger partial charge in [0.05, 0.1) is 33.8 Å². The summed E-state index contributed by atoms with van der Waals surface area (Å²) in [6.45, 7) is 1.69. The lowest BCUT2D eigenvalue weighted by atomic mass is 10.2. The Morgan fingerprint density at radius 2 is 2.00 bits per heavy atom. The maximum Gasteiger partial charge on any atom is 0.258 e. The lowest BCUT2D eigenvalue weighted by Gasteiger charge is -2.14. The van der Waals surface area contributed by atoms with Crippen LogP contribution >= 0.6 is 11.6 Å². The third-order valence-corrected chi connectivity index (χ3v) is 5.97. The molecule has 0 spiro atoms. The molecule has 1 saturated heterocycles. The molecule has 3 rings (SSSR count). The Balaban J connectivity index is 1.89. The summed E-state index contributed by atoms with van der Waals surface area (Å²) in [7, 11) is -3.13. The number of amides is 1. The molecule has 1 aromatic carbocycles. The first-order valence-electron chi connectivity index (χ1n) is 7.39. The minimum absolute atomic E-state index is 0.0545. The van der Waals surface area contributed by atoms with E-state index in [1.807, 2.05) is 0 Å². The zero-order valence-electron chi connectivity index (χ0n) is 13.1. The Kier molecular flexibility index (Phi) is 4.54. The van der Waals surface area contributed by atoms with Gasteiger partial charge in [0.25, 0.3) is 5.91 Å². The minimum atomic E-state index is -3.13. The van der Waals surface area contributed by atoms with Gasteiger partial charge in [-0.05, 0) is 25.5 Å². The van der Waals surface area contributed by atoms with Gasteiger partial charge in [-0.3, -0.25) is 4.79 Å². The number of halogens is 3. The molecular formula is C15H14ClF2N3O3S. The van der Waals surface area contributed by atoms with Crippen LogP contribution in [0.5, 0.6) is 0 Å². The van der Waals surface area contributed by atoms with E-state index in [-0.39, 0.29) is 27.9 Å². The number of benzene rings is 1. The van der Waals surface area contributed by atoms with E-state index in [0.717, 1.165) is 6.07 Å². The molecule has 0 bridgehead atoms. The molecule has 0 aliphatic carbocycles. The number of aromatic nitrogens is 2. The van der Waals surface area contributed by atoms with E-state index in [0.29, 0.717) is 18.2 Å². The van der Waals surface area contributed by atoms with Gasteiger partial charge in [0.2, 0.25) is 0 Å². The number of hydrogen-bond acceptors (Lipinski definition) is 4. The number of carbonyl (C=O) groups excluding carboxylic acids is 1. The number of aryl methyl sites for hydroxylation is 1. The van der Waals surface area contributed by atoms with Crippen LogP contribution in [0.25, 0.3) is 0 Å². The van der Waals surface area contributed by atoms with Crippen molar-refractivity contribution < 1.29 is 22.0 Å². The molecule has 1 aromatic heterocycles. The fraction of sp³-hybridized carbons (Fsp3) is 0.333. The van der Waals surface area contributed by atoms with E-state index in [1.54, 1.807) is 13.0 Å². The van der Waals surface area contributed by atoms with Gasteiger partial charge in [0, 0.05) is 6.07 Å². The van der Waals surface area contributed by atoms with Gasteiger partial charge < -0.3 is 5.32 Å². The van der Waals surface area contributed by atoms with E-state index >= 15 is 0 Å². The van der Waals surface area contributed by atoms with Gasteiger partial charge in [-0.15, -0.1) is 0 Å². The van der Waals surface area contributed by atoms with E-state index < -0.39 is 33.4 Å². The smallest absolute Gasteiger partial charge is 0.258 e. The lowest BCUT2D eigenvalue weighted by molar-refractivity contribution is 0.102. The number of carbonyl (C=O) groups is 1. The largest absolute Gasteiger partial charge is 0.307 e. The monoisotopic (exact) mass is 389 g/mol. The number of nitrogens with one attached hydrogen (secondary N) is 1. The highest BCUT2D eigenvalue weighted by Gasteiger charge is 2.31. The van der Waals surface area contributed by atoms with Crippen molar-refractivity contribution in [2.24, 2.45) is 0 Å². The van der Waals surface area contributed by atoms with Gasteiger partial charge in [-0.25, -0.2) is 21.9 Å². The fourth-order valence-electron chi connectivity index (χ4n) is 2.74. The van der Waals surface area contributed by atoms with Gasteiger partial charge >= 0.3 is 0 Å². The molecule has 134 valence electrons. The molecule has 1 atom stereocenters. The van der Waals surface area contributed by atoms with Crippen LogP contribution in [0.4, 0.5) is 14.6 Å². The summed E-state index contributed by atoms with van der Waals surface area (Å²) in [6.07, 6.45) is 0.387. The number of rotatable bonds is 3. The van der Waals surface area contributed by atoms with Gasteiger partial charge in [-0.2, -0.15) is 5.10 Å². The second-order valence-electron chi connectivity index (χ2n) is 5.87. The Bertz CT molecular complexity index is 959. The Morgan fingerprint density at radius 3 is 2.64 bits per heavy atom. The molecule has 2 heterocycles. The number of sulfone groups is 1. The Hall–Kier alpha value is -2.00. The lowest BCUT2D eigenvalue weighted by Crippen LogP contribution is -2.20. The molecule has 25 heavy (non-hydrogen) atoms. The van der Waals surface area contributed by atoms with Crippen LogP contribution in [0.2, 0.25) is 5.02 Å². The molecule has 0 saturated carbocycles. The summed E-state index contributed by atoms with van der Waals surface area (Å²) < 4.78 is 51.3. The maximum absolute atomic E-state index is 13.4. The summed E-state index contributed by atoms with van der Waals surface area (Å²) in [5.74, 6) is -2.84. The molecule has 1 fully saturated rings. The van der Waals surface area contributed by atoms with E-state index in [4.69, 9.17) is 11.6 Å².